The molecule has 0 radical (unpaired) electrons. The molecule has 0 bridgehead atoms. The molecule has 0 aliphatic heterocycles. The molecule has 0 aliphatic carbocycles. The number of nitrogen functional groups attached to an aromatic ring is 1. The second-order valence-electron chi connectivity index (χ2n) is 5.06. The van der Waals surface area contributed by atoms with Crippen LogP contribution in [0.25, 0.3) is 10.9 Å². The van der Waals surface area contributed by atoms with Gasteiger partial charge < -0.3 is 11.1 Å². The first-order valence-electron chi connectivity index (χ1n) is 6.67. The number of rotatable bonds is 2. The number of benzene rings is 2. The van der Waals surface area contributed by atoms with Crippen LogP contribution in [0, 0.1) is 13.8 Å². The molecule has 5 nitrogen and oxygen atoms in total. The molecule has 106 valence electrons. The molecule has 3 rings (SSSR count). The zero-order valence-electron chi connectivity index (χ0n) is 11.9. The molecule has 0 saturated carbocycles. The molecule has 4 N–H and O–H groups in total. The molecule has 1 aromatic heterocycles. The molecule has 0 atom stereocenters. The van der Waals surface area contributed by atoms with Crippen LogP contribution in [0.5, 0.6) is 0 Å². The lowest BCUT2D eigenvalue weighted by molar-refractivity contribution is 1.16. The maximum absolute atomic E-state index is 12.1. The number of aryl methyl sites for hydroxylation is 1. The van der Waals surface area contributed by atoms with Gasteiger partial charge >= 0.3 is 0 Å². The van der Waals surface area contributed by atoms with Crippen LogP contribution in [0.15, 0.2) is 41.2 Å². The van der Waals surface area contributed by atoms with Crippen LogP contribution in [0.3, 0.4) is 0 Å². The molecule has 3 aromatic rings. The topological polar surface area (TPSA) is 83.8 Å². The monoisotopic (exact) mass is 280 g/mol. The highest BCUT2D eigenvalue weighted by molar-refractivity contribution is 5.82. The van der Waals surface area contributed by atoms with Crippen molar-refractivity contribution in [3.05, 3.63) is 57.9 Å². The van der Waals surface area contributed by atoms with Gasteiger partial charge in [0.15, 0.2) is 0 Å². The summed E-state index contributed by atoms with van der Waals surface area (Å²) in [5.41, 5.74) is 9.87. The first kappa shape index (κ1) is 13.2. The maximum Gasteiger partial charge on any atom is 0.260 e. The fourth-order valence-electron chi connectivity index (χ4n) is 2.23. The van der Waals surface area contributed by atoms with E-state index in [0.29, 0.717) is 22.5 Å². The SMILES string of the molecule is Cc1cccc(Nc2nc3ccc(N)cc3c(=O)[nH]2)c1C. The van der Waals surface area contributed by atoms with Crippen molar-refractivity contribution in [1.82, 2.24) is 9.97 Å². The van der Waals surface area contributed by atoms with Gasteiger partial charge in [-0.15, -0.1) is 0 Å². The van der Waals surface area contributed by atoms with Gasteiger partial charge in [-0.3, -0.25) is 9.78 Å². The van der Waals surface area contributed by atoms with Crippen LogP contribution < -0.4 is 16.6 Å². The van der Waals surface area contributed by atoms with Crippen LogP contribution in [0.2, 0.25) is 0 Å². The molecular formula is C16H16N4O. The molecular weight excluding hydrogens is 264 g/mol. The Morgan fingerprint density at radius 3 is 2.81 bits per heavy atom. The summed E-state index contributed by atoms with van der Waals surface area (Å²) < 4.78 is 0. The van der Waals surface area contributed by atoms with Crippen molar-refractivity contribution < 1.29 is 0 Å². The number of nitrogens with zero attached hydrogens (tertiary/aromatic N) is 1. The van der Waals surface area contributed by atoms with E-state index in [-0.39, 0.29) is 5.56 Å². The largest absolute Gasteiger partial charge is 0.399 e. The highest BCUT2D eigenvalue weighted by Gasteiger charge is 2.06. The van der Waals surface area contributed by atoms with Crippen LogP contribution in [0.4, 0.5) is 17.3 Å². The standard InChI is InChI=1S/C16H16N4O/c1-9-4-3-5-13(10(9)2)18-16-19-14-7-6-11(17)8-12(14)15(21)20-16/h3-8H,17H2,1-2H3,(H2,18,19,20,21). The highest BCUT2D eigenvalue weighted by atomic mass is 16.1. The van der Waals surface area contributed by atoms with Gasteiger partial charge in [-0.25, -0.2) is 4.98 Å². The van der Waals surface area contributed by atoms with Crippen molar-refractivity contribution in [2.75, 3.05) is 11.1 Å². The maximum atomic E-state index is 12.1. The minimum atomic E-state index is -0.208. The number of nitrogens with one attached hydrogen (secondary N) is 2. The molecule has 1 heterocycles. The van der Waals surface area contributed by atoms with Crippen LogP contribution in [0.1, 0.15) is 11.1 Å². The summed E-state index contributed by atoms with van der Waals surface area (Å²) in [6, 6.07) is 11.1. The van der Waals surface area contributed by atoms with Crippen molar-refractivity contribution in [2.45, 2.75) is 13.8 Å². The Kier molecular flexibility index (Phi) is 3.10. The van der Waals surface area contributed by atoms with Gasteiger partial charge in [0.1, 0.15) is 0 Å². The molecule has 0 aliphatic rings. The van der Waals surface area contributed by atoms with Gasteiger partial charge in [0.05, 0.1) is 10.9 Å². The fourth-order valence-corrected chi connectivity index (χ4v) is 2.23. The number of nitrogens with two attached hydrogens (primary N) is 1. The Hall–Kier alpha value is -2.82. The number of hydrogen-bond donors (Lipinski definition) is 3. The average molecular weight is 280 g/mol. The third-order valence-corrected chi connectivity index (χ3v) is 3.59. The van der Waals surface area contributed by atoms with Crippen molar-refractivity contribution >= 4 is 28.2 Å². The summed E-state index contributed by atoms with van der Waals surface area (Å²) in [6.07, 6.45) is 0. The highest BCUT2D eigenvalue weighted by Crippen LogP contribution is 2.21. The first-order valence-corrected chi connectivity index (χ1v) is 6.67. The molecule has 0 fully saturated rings. The zero-order valence-corrected chi connectivity index (χ0v) is 11.9. The Morgan fingerprint density at radius 1 is 1.19 bits per heavy atom. The van der Waals surface area contributed by atoms with Crippen molar-refractivity contribution in [1.29, 1.82) is 0 Å². The predicted octanol–water partition coefficient (Wildman–Crippen LogP) is 2.87. The summed E-state index contributed by atoms with van der Waals surface area (Å²) >= 11 is 0. The number of fused-ring (bicyclic) bond motifs is 1. The summed E-state index contributed by atoms with van der Waals surface area (Å²) in [6.45, 7) is 4.07. The minimum absolute atomic E-state index is 0.208. The van der Waals surface area contributed by atoms with E-state index < -0.39 is 0 Å². The fraction of sp³-hybridized carbons (Fsp3) is 0.125. The molecule has 5 heteroatoms. The first-order chi connectivity index (χ1) is 10.0. The lowest BCUT2D eigenvalue weighted by Gasteiger charge is -2.11. The van der Waals surface area contributed by atoms with Crippen molar-refractivity contribution in [2.24, 2.45) is 0 Å². The molecule has 0 amide bonds. The molecule has 2 aromatic carbocycles. The third kappa shape index (κ3) is 2.45. The Labute approximate surface area is 121 Å². The summed E-state index contributed by atoms with van der Waals surface area (Å²) in [5.74, 6) is 0.422. The molecule has 0 saturated heterocycles. The van der Waals surface area contributed by atoms with E-state index in [1.54, 1.807) is 18.2 Å². The van der Waals surface area contributed by atoms with Crippen molar-refractivity contribution in [3.63, 3.8) is 0 Å². The van der Waals surface area contributed by atoms with Crippen LogP contribution in [-0.2, 0) is 0 Å². The van der Waals surface area contributed by atoms with E-state index in [1.807, 2.05) is 32.0 Å². The number of aromatic nitrogens is 2. The molecule has 0 unspecified atom stereocenters. The van der Waals surface area contributed by atoms with E-state index >= 15 is 0 Å². The second kappa shape index (κ2) is 4.94. The average Bonchev–Trinajstić information content (AvgIpc) is 2.45. The molecule has 0 spiro atoms. The van der Waals surface area contributed by atoms with E-state index in [1.165, 1.54) is 5.56 Å². The molecule has 21 heavy (non-hydrogen) atoms. The quantitative estimate of drug-likeness (QED) is 0.630. The summed E-state index contributed by atoms with van der Waals surface area (Å²) in [4.78, 5) is 19.3. The van der Waals surface area contributed by atoms with E-state index in [4.69, 9.17) is 5.73 Å². The minimum Gasteiger partial charge on any atom is -0.399 e. The zero-order chi connectivity index (χ0) is 15.0. The van der Waals surface area contributed by atoms with Crippen molar-refractivity contribution in [3.8, 4) is 0 Å². The van der Waals surface area contributed by atoms with Gasteiger partial charge in [-0.2, -0.15) is 0 Å². The van der Waals surface area contributed by atoms with Crippen LogP contribution in [-0.4, -0.2) is 9.97 Å². The van der Waals surface area contributed by atoms with Gasteiger partial charge in [0, 0.05) is 11.4 Å². The van der Waals surface area contributed by atoms with Gasteiger partial charge in [0.2, 0.25) is 5.95 Å². The van der Waals surface area contributed by atoms with Gasteiger partial charge in [-0.1, -0.05) is 12.1 Å². The lowest BCUT2D eigenvalue weighted by Crippen LogP contribution is -2.12. The number of aromatic amines is 1. The normalized spacial score (nSPS) is 10.8. The Bertz CT molecular complexity index is 883. The summed E-state index contributed by atoms with van der Waals surface area (Å²) in [5, 5.41) is 3.65. The number of H-pyrrole nitrogens is 1. The van der Waals surface area contributed by atoms with E-state index in [0.717, 1.165) is 11.3 Å². The van der Waals surface area contributed by atoms with Gasteiger partial charge in [0.25, 0.3) is 5.56 Å². The smallest absolute Gasteiger partial charge is 0.260 e. The summed E-state index contributed by atoms with van der Waals surface area (Å²) in [7, 11) is 0. The number of anilines is 3. The van der Waals surface area contributed by atoms with Gasteiger partial charge in [-0.05, 0) is 49.2 Å². The Morgan fingerprint density at radius 2 is 2.00 bits per heavy atom. The lowest BCUT2D eigenvalue weighted by atomic mass is 10.1. The van der Waals surface area contributed by atoms with E-state index in [9.17, 15) is 4.79 Å². The van der Waals surface area contributed by atoms with Crippen LogP contribution >= 0.6 is 0 Å². The Balaban J connectivity index is 2.08. The number of hydrogen-bond acceptors (Lipinski definition) is 4. The predicted molar refractivity (Wildman–Crippen MR) is 86.0 cm³/mol. The second-order valence-corrected chi connectivity index (χ2v) is 5.06. The van der Waals surface area contributed by atoms with E-state index in [2.05, 4.69) is 15.3 Å². The third-order valence-electron chi connectivity index (χ3n) is 3.59.